The van der Waals surface area contributed by atoms with Gasteiger partial charge in [-0.3, -0.25) is 4.79 Å². The maximum absolute atomic E-state index is 12.1. The topological polar surface area (TPSA) is 35.5 Å². The van der Waals surface area contributed by atoms with Gasteiger partial charge in [0.1, 0.15) is 0 Å². The number of hydrogen-bond donors (Lipinski definition) is 0. The fourth-order valence-corrected chi connectivity index (χ4v) is 1.32. The molecule has 0 unspecified atom stereocenters. The summed E-state index contributed by atoms with van der Waals surface area (Å²) in [5, 5.41) is -0.916. The van der Waals surface area contributed by atoms with Crippen molar-refractivity contribution in [3.8, 4) is 11.5 Å². The van der Waals surface area contributed by atoms with Crippen LogP contribution in [-0.2, 0) is 0 Å². The Hall–Kier alpha value is -1.43. The van der Waals surface area contributed by atoms with Gasteiger partial charge in [0.25, 0.3) is 5.24 Å². The van der Waals surface area contributed by atoms with E-state index >= 15 is 0 Å². The third-order valence-corrected chi connectivity index (χ3v) is 1.91. The number of rotatable bonds is 4. The van der Waals surface area contributed by atoms with Crippen LogP contribution in [-0.4, -0.2) is 18.2 Å². The van der Waals surface area contributed by atoms with E-state index in [1.165, 1.54) is 12.1 Å². The largest absolute Gasteiger partial charge is 0.573 e. The Morgan fingerprint density at radius 2 is 2.06 bits per heavy atom. The molecule has 94 valence electrons. The molecule has 0 aliphatic rings. The van der Waals surface area contributed by atoms with Crippen molar-refractivity contribution in [3.63, 3.8) is 0 Å². The van der Waals surface area contributed by atoms with E-state index in [4.69, 9.17) is 16.3 Å². The number of benzene rings is 1. The molecule has 0 atom stereocenters. The van der Waals surface area contributed by atoms with Gasteiger partial charge in [-0.2, -0.15) is 0 Å². The zero-order chi connectivity index (χ0) is 13.1. The first-order chi connectivity index (χ1) is 7.85. The zero-order valence-electron chi connectivity index (χ0n) is 8.68. The molecule has 7 heteroatoms. The maximum atomic E-state index is 12.1. The van der Waals surface area contributed by atoms with Gasteiger partial charge in [-0.05, 0) is 30.7 Å². The van der Waals surface area contributed by atoms with Crippen LogP contribution >= 0.6 is 11.6 Å². The minimum atomic E-state index is -4.86. The predicted molar refractivity (Wildman–Crippen MR) is 54.5 cm³/mol. The lowest BCUT2D eigenvalue weighted by atomic mass is 10.2. The van der Waals surface area contributed by atoms with E-state index in [1.54, 1.807) is 6.92 Å². The Bertz CT molecular complexity index is 418. The summed E-state index contributed by atoms with van der Waals surface area (Å²) in [7, 11) is 0. The van der Waals surface area contributed by atoms with E-state index in [-0.39, 0.29) is 17.9 Å². The first-order valence-corrected chi connectivity index (χ1v) is 4.94. The molecule has 0 amide bonds. The van der Waals surface area contributed by atoms with Crippen LogP contribution < -0.4 is 9.47 Å². The standard InChI is InChI=1S/C10H8ClF3O3/c1-2-16-8-6(9(11)15)4-3-5-7(8)17-10(12,13)14/h3-5H,2H2,1H3. The van der Waals surface area contributed by atoms with Crippen LogP contribution in [0.2, 0.25) is 0 Å². The first kappa shape index (κ1) is 13.6. The molecule has 0 aliphatic heterocycles. The Labute approximate surface area is 100 Å². The number of alkyl halides is 3. The van der Waals surface area contributed by atoms with E-state index < -0.39 is 17.4 Å². The summed E-state index contributed by atoms with van der Waals surface area (Å²) in [6.07, 6.45) is -4.86. The van der Waals surface area contributed by atoms with Crippen molar-refractivity contribution >= 4 is 16.8 Å². The van der Waals surface area contributed by atoms with Crippen molar-refractivity contribution in [3.05, 3.63) is 23.8 Å². The van der Waals surface area contributed by atoms with Gasteiger partial charge in [-0.1, -0.05) is 6.07 Å². The van der Waals surface area contributed by atoms with Crippen LogP contribution in [0, 0.1) is 0 Å². The third-order valence-electron chi connectivity index (χ3n) is 1.71. The number of halogens is 4. The Morgan fingerprint density at radius 3 is 2.53 bits per heavy atom. The Kier molecular flexibility index (Phi) is 4.22. The molecule has 0 saturated heterocycles. The van der Waals surface area contributed by atoms with Gasteiger partial charge in [-0.15, -0.1) is 13.2 Å². The summed E-state index contributed by atoms with van der Waals surface area (Å²) < 4.78 is 45.0. The molecule has 0 spiro atoms. The summed E-state index contributed by atoms with van der Waals surface area (Å²) in [5.74, 6) is -0.904. The summed E-state index contributed by atoms with van der Waals surface area (Å²) in [4.78, 5) is 11.0. The fraction of sp³-hybridized carbons (Fsp3) is 0.300. The average molecular weight is 269 g/mol. The quantitative estimate of drug-likeness (QED) is 0.786. The summed E-state index contributed by atoms with van der Waals surface area (Å²) >= 11 is 5.23. The summed E-state index contributed by atoms with van der Waals surface area (Å²) in [5.41, 5.74) is -0.171. The monoisotopic (exact) mass is 268 g/mol. The maximum Gasteiger partial charge on any atom is 0.573 e. The van der Waals surface area contributed by atoms with Gasteiger partial charge in [0, 0.05) is 0 Å². The van der Waals surface area contributed by atoms with Crippen molar-refractivity contribution < 1.29 is 27.4 Å². The molecule has 0 saturated carbocycles. The molecule has 0 N–H and O–H groups in total. The van der Waals surface area contributed by atoms with E-state index in [1.807, 2.05) is 0 Å². The number of ether oxygens (including phenoxy) is 2. The van der Waals surface area contributed by atoms with Crippen LogP contribution in [0.25, 0.3) is 0 Å². The van der Waals surface area contributed by atoms with Crippen LogP contribution in [0.15, 0.2) is 18.2 Å². The molecule has 0 fully saturated rings. The molecular formula is C10H8ClF3O3. The van der Waals surface area contributed by atoms with Crippen molar-refractivity contribution in [2.75, 3.05) is 6.61 Å². The highest BCUT2D eigenvalue weighted by Crippen LogP contribution is 2.35. The molecule has 1 aromatic carbocycles. The molecule has 0 aromatic heterocycles. The van der Waals surface area contributed by atoms with E-state index in [0.717, 1.165) is 6.07 Å². The predicted octanol–water partition coefficient (Wildman–Crippen LogP) is 3.36. The number of hydrogen-bond acceptors (Lipinski definition) is 3. The van der Waals surface area contributed by atoms with Crippen molar-refractivity contribution in [1.29, 1.82) is 0 Å². The molecule has 0 heterocycles. The van der Waals surface area contributed by atoms with Crippen molar-refractivity contribution in [2.24, 2.45) is 0 Å². The van der Waals surface area contributed by atoms with Crippen LogP contribution in [0.4, 0.5) is 13.2 Å². The molecule has 1 rings (SSSR count). The second-order valence-electron chi connectivity index (χ2n) is 2.89. The minimum absolute atomic E-state index is 0.0788. The van der Waals surface area contributed by atoms with Crippen LogP contribution in [0.3, 0.4) is 0 Å². The molecule has 3 nitrogen and oxygen atoms in total. The molecule has 0 aliphatic carbocycles. The normalized spacial score (nSPS) is 11.1. The highest BCUT2D eigenvalue weighted by atomic mass is 35.5. The van der Waals surface area contributed by atoms with Gasteiger partial charge in [0.15, 0.2) is 11.5 Å². The number of para-hydroxylation sites is 1. The Morgan fingerprint density at radius 1 is 1.41 bits per heavy atom. The molecule has 0 radical (unpaired) electrons. The van der Waals surface area contributed by atoms with Crippen molar-refractivity contribution in [2.45, 2.75) is 13.3 Å². The highest BCUT2D eigenvalue weighted by molar-refractivity contribution is 6.68. The van der Waals surface area contributed by atoms with Gasteiger partial charge in [-0.25, -0.2) is 0 Å². The SMILES string of the molecule is CCOc1c(OC(F)(F)F)cccc1C(=O)Cl. The summed E-state index contributed by atoms with van der Waals surface area (Å²) in [6.45, 7) is 1.64. The zero-order valence-corrected chi connectivity index (χ0v) is 9.43. The van der Waals surface area contributed by atoms with Gasteiger partial charge < -0.3 is 9.47 Å². The molecule has 0 bridgehead atoms. The lowest BCUT2D eigenvalue weighted by Gasteiger charge is -2.14. The van der Waals surface area contributed by atoms with E-state index in [0.29, 0.717) is 0 Å². The highest BCUT2D eigenvalue weighted by Gasteiger charge is 2.33. The smallest absolute Gasteiger partial charge is 0.489 e. The van der Waals surface area contributed by atoms with Gasteiger partial charge >= 0.3 is 6.36 Å². The second-order valence-corrected chi connectivity index (χ2v) is 3.23. The van der Waals surface area contributed by atoms with Crippen molar-refractivity contribution in [1.82, 2.24) is 0 Å². The molecule has 1 aromatic rings. The Balaban J connectivity index is 3.20. The van der Waals surface area contributed by atoms with E-state index in [9.17, 15) is 18.0 Å². The second kappa shape index (κ2) is 5.27. The van der Waals surface area contributed by atoms with Crippen LogP contribution in [0.1, 0.15) is 17.3 Å². The van der Waals surface area contributed by atoms with Gasteiger partial charge in [0.05, 0.1) is 12.2 Å². The third kappa shape index (κ3) is 3.81. The minimum Gasteiger partial charge on any atom is -0.489 e. The lowest BCUT2D eigenvalue weighted by Crippen LogP contribution is -2.18. The van der Waals surface area contributed by atoms with E-state index in [2.05, 4.69) is 4.74 Å². The summed E-state index contributed by atoms with van der Waals surface area (Å²) in [6, 6.07) is 3.52. The lowest BCUT2D eigenvalue weighted by molar-refractivity contribution is -0.275. The number of carbonyl (C=O) groups is 1. The van der Waals surface area contributed by atoms with Crippen LogP contribution in [0.5, 0.6) is 11.5 Å². The number of carbonyl (C=O) groups excluding carboxylic acids is 1. The molecular weight excluding hydrogens is 261 g/mol. The first-order valence-electron chi connectivity index (χ1n) is 4.56. The fourth-order valence-electron chi connectivity index (χ4n) is 1.17. The average Bonchev–Trinajstić information content (AvgIpc) is 2.18. The molecule has 17 heavy (non-hydrogen) atoms. The van der Waals surface area contributed by atoms with Gasteiger partial charge in [0.2, 0.25) is 0 Å².